The quantitative estimate of drug-likeness (QED) is 0.547. The number of esters is 1. The Morgan fingerprint density at radius 3 is 2.67 bits per heavy atom. The summed E-state index contributed by atoms with van der Waals surface area (Å²) >= 11 is 0. The Kier molecular flexibility index (Phi) is 5.32. The Morgan fingerprint density at radius 2 is 2.13 bits per heavy atom. The summed E-state index contributed by atoms with van der Waals surface area (Å²) in [5.74, 6) is -0.340. The van der Waals surface area contributed by atoms with Crippen molar-refractivity contribution < 1.29 is 14.3 Å². The van der Waals surface area contributed by atoms with Gasteiger partial charge in [-0.1, -0.05) is 19.3 Å². The monoisotopic (exact) mass is 213 g/mol. The van der Waals surface area contributed by atoms with Crippen LogP contribution >= 0.6 is 0 Å². The van der Waals surface area contributed by atoms with Gasteiger partial charge in [0.15, 0.2) is 0 Å². The number of methoxy groups -OCH3 is 1. The lowest BCUT2D eigenvalue weighted by Crippen LogP contribution is -2.44. The highest BCUT2D eigenvalue weighted by Crippen LogP contribution is 2.18. The van der Waals surface area contributed by atoms with Crippen LogP contribution in [0.15, 0.2) is 0 Å². The summed E-state index contributed by atoms with van der Waals surface area (Å²) < 4.78 is 4.65. The molecule has 0 aromatic heterocycles. The van der Waals surface area contributed by atoms with Gasteiger partial charge >= 0.3 is 5.97 Å². The summed E-state index contributed by atoms with van der Waals surface area (Å²) in [7, 11) is 1.35. The number of carbonyl (C=O) groups excluding carboxylic acids is 2. The van der Waals surface area contributed by atoms with Crippen molar-refractivity contribution in [2.45, 2.75) is 50.6 Å². The third kappa shape index (κ3) is 4.00. The molecule has 0 aliphatic heterocycles. The van der Waals surface area contributed by atoms with Crippen molar-refractivity contribution in [3.63, 3.8) is 0 Å². The van der Waals surface area contributed by atoms with Gasteiger partial charge in [0, 0.05) is 12.5 Å². The molecule has 0 amide bonds. The summed E-state index contributed by atoms with van der Waals surface area (Å²) in [6, 6.07) is -0.0987. The highest BCUT2D eigenvalue weighted by atomic mass is 16.5. The van der Waals surface area contributed by atoms with Crippen LogP contribution in [0.5, 0.6) is 0 Å². The molecule has 0 bridgehead atoms. The largest absolute Gasteiger partial charge is 0.468 e. The van der Waals surface area contributed by atoms with E-state index in [0.29, 0.717) is 6.04 Å². The SMILES string of the molecule is COC(=O)C(CC=O)NC1CCCCC1. The average Bonchev–Trinajstić information content (AvgIpc) is 2.29. The predicted molar refractivity (Wildman–Crippen MR) is 56.5 cm³/mol. The van der Waals surface area contributed by atoms with Gasteiger partial charge in [-0.05, 0) is 12.8 Å². The molecule has 4 heteroatoms. The molecule has 1 atom stereocenters. The normalized spacial score (nSPS) is 19.5. The Bertz CT molecular complexity index is 212. The minimum Gasteiger partial charge on any atom is -0.468 e. The summed E-state index contributed by atoms with van der Waals surface area (Å²) in [6.07, 6.45) is 6.81. The van der Waals surface area contributed by atoms with Gasteiger partial charge < -0.3 is 14.8 Å². The second-order valence-corrected chi connectivity index (χ2v) is 3.98. The molecule has 86 valence electrons. The highest BCUT2D eigenvalue weighted by molar-refractivity contribution is 5.78. The van der Waals surface area contributed by atoms with E-state index >= 15 is 0 Å². The van der Waals surface area contributed by atoms with Crippen molar-refractivity contribution >= 4 is 12.3 Å². The Hall–Kier alpha value is -0.900. The molecule has 0 heterocycles. The second-order valence-electron chi connectivity index (χ2n) is 3.98. The van der Waals surface area contributed by atoms with E-state index in [2.05, 4.69) is 10.1 Å². The maximum atomic E-state index is 11.3. The number of carbonyl (C=O) groups is 2. The molecule has 1 aliphatic carbocycles. The summed E-state index contributed by atoms with van der Waals surface area (Å²) in [4.78, 5) is 21.8. The van der Waals surface area contributed by atoms with Crippen molar-refractivity contribution in [1.29, 1.82) is 0 Å². The number of hydrogen-bond donors (Lipinski definition) is 1. The van der Waals surface area contributed by atoms with E-state index < -0.39 is 6.04 Å². The summed E-state index contributed by atoms with van der Waals surface area (Å²) in [6.45, 7) is 0. The van der Waals surface area contributed by atoms with Crippen LogP contribution in [0.3, 0.4) is 0 Å². The lowest BCUT2D eigenvalue weighted by molar-refractivity contribution is -0.144. The zero-order valence-corrected chi connectivity index (χ0v) is 9.20. The molecule has 0 saturated heterocycles. The van der Waals surface area contributed by atoms with E-state index in [-0.39, 0.29) is 12.4 Å². The molecule has 0 radical (unpaired) electrons. The van der Waals surface area contributed by atoms with E-state index in [1.54, 1.807) is 0 Å². The molecular weight excluding hydrogens is 194 g/mol. The fraction of sp³-hybridized carbons (Fsp3) is 0.818. The van der Waals surface area contributed by atoms with Crippen LogP contribution in [0.1, 0.15) is 38.5 Å². The topological polar surface area (TPSA) is 55.4 Å². The molecule has 1 unspecified atom stereocenters. The van der Waals surface area contributed by atoms with Crippen LogP contribution in [0.2, 0.25) is 0 Å². The first kappa shape index (κ1) is 12.2. The molecule has 1 rings (SSSR count). The molecule has 4 nitrogen and oxygen atoms in total. The van der Waals surface area contributed by atoms with Gasteiger partial charge in [-0.25, -0.2) is 0 Å². The maximum absolute atomic E-state index is 11.3. The molecule has 0 aromatic carbocycles. The van der Waals surface area contributed by atoms with Gasteiger partial charge in [0.2, 0.25) is 0 Å². The zero-order valence-electron chi connectivity index (χ0n) is 9.20. The lowest BCUT2D eigenvalue weighted by Gasteiger charge is -2.26. The molecule has 1 fully saturated rings. The van der Waals surface area contributed by atoms with E-state index in [0.717, 1.165) is 19.1 Å². The van der Waals surface area contributed by atoms with Crippen LogP contribution in [0, 0.1) is 0 Å². The van der Waals surface area contributed by atoms with Crippen molar-refractivity contribution in [1.82, 2.24) is 5.32 Å². The first-order valence-electron chi connectivity index (χ1n) is 5.55. The number of nitrogens with one attached hydrogen (secondary N) is 1. The highest BCUT2D eigenvalue weighted by Gasteiger charge is 2.23. The molecule has 1 aliphatic rings. The fourth-order valence-electron chi connectivity index (χ4n) is 2.02. The summed E-state index contributed by atoms with van der Waals surface area (Å²) in [5, 5.41) is 3.20. The lowest BCUT2D eigenvalue weighted by atomic mass is 9.94. The molecule has 1 saturated carbocycles. The van der Waals surface area contributed by atoms with Crippen molar-refractivity contribution in [2.24, 2.45) is 0 Å². The number of rotatable bonds is 5. The van der Waals surface area contributed by atoms with E-state index in [9.17, 15) is 9.59 Å². The maximum Gasteiger partial charge on any atom is 0.323 e. The van der Waals surface area contributed by atoms with Gasteiger partial charge in [-0.15, -0.1) is 0 Å². The van der Waals surface area contributed by atoms with Gasteiger partial charge in [0.1, 0.15) is 12.3 Å². The number of ether oxygens (including phenoxy) is 1. The predicted octanol–water partition coefficient (Wildman–Crippen LogP) is 1.04. The van der Waals surface area contributed by atoms with E-state index in [4.69, 9.17) is 0 Å². The zero-order chi connectivity index (χ0) is 11.1. The minimum atomic E-state index is -0.462. The van der Waals surface area contributed by atoms with Crippen LogP contribution in [0.4, 0.5) is 0 Å². The van der Waals surface area contributed by atoms with Gasteiger partial charge in [-0.3, -0.25) is 4.79 Å². The van der Waals surface area contributed by atoms with E-state index in [1.165, 1.54) is 26.4 Å². The van der Waals surface area contributed by atoms with Gasteiger partial charge in [0.25, 0.3) is 0 Å². The number of aldehydes is 1. The minimum absolute atomic E-state index is 0.198. The molecule has 0 spiro atoms. The summed E-state index contributed by atoms with van der Waals surface area (Å²) in [5.41, 5.74) is 0. The Labute approximate surface area is 90.4 Å². The molecular formula is C11H19NO3. The van der Waals surface area contributed by atoms with Gasteiger partial charge in [-0.2, -0.15) is 0 Å². The van der Waals surface area contributed by atoms with E-state index in [1.807, 2.05) is 0 Å². The van der Waals surface area contributed by atoms with Crippen LogP contribution < -0.4 is 5.32 Å². The number of hydrogen-bond acceptors (Lipinski definition) is 4. The first-order valence-corrected chi connectivity index (χ1v) is 5.55. The first-order chi connectivity index (χ1) is 7.27. The van der Waals surface area contributed by atoms with Crippen LogP contribution in [-0.4, -0.2) is 31.4 Å². The van der Waals surface area contributed by atoms with Gasteiger partial charge in [0.05, 0.1) is 7.11 Å². The van der Waals surface area contributed by atoms with Crippen molar-refractivity contribution in [3.8, 4) is 0 Å². The van der Waals surface area contributed by atoms with Crippen LogP contribution in [-0.2, 0) is 14.3 Å². The van der Waals surface area contributed by atoms with Crippen molar-refractivity contribution in [3.05, 3.63) is 0 Å². The second kappa shape index (κ2) is 6.56. The third-order valence-electron chi connectivity index (χ3n) is 2.86. The Morgan fingerprint density at radius 1 is 1.47 bits per heavy atom. The Balaban J connectivity index is 2.41. The average molecular weight is 213 g/mol. The standard InChI is InChI=1S/C11H19NO3/c1-15-11(14)10(7-8-13)12-9-5-3-2-4-6-9/h8-10,12H,2-7H2,1H3. The smallest absolute Gasteiger partial charge is 0.323 e. The molecule has 1 N–H and O–H groups in total. The van der Waals surface area contributed by atoms with Crippen LogP contribution in [0.25, 0.3) is 0 Å². The van der Waals surface area contributed by atoms with Crippen molar-refractivity contribution in [2.75, 3.05) is 7.11 Å². The fourth-order valence-corrected chi connectivity index (χ4v) is 2.02. The molecule has 0 aromatic rings. The molecule has 15 heavy (non-hydrogen) atoms. The third-order valence-corrected chi connectivity index (χ3v) is 2.86.